The highest BCUT2D eigenvalue weighted by Gasteiger charge is 2.62. The standard InChI is InChI=1S/C26H40N2O7/c1-23(2,3)34-21(31)27-28(22(32)35-24(4,5)6)26(9-7-8-19(26)29)20(30)33-25-13-16-10-17(14-25)12-18(11-16)15-25/h16-18H,7-15H2,1-6H3,(H,27,31). The summed E-state index contributed by atoms with van der Waals surface area (Å²) in [5.74, 6) is 0.362. The average Bonchev–Trinajstić information content (AvgIpc) is 3.04. The first-order valence-electron chi connectivity index (χ1n) is 12.9. The molecule has 4 bridgehead atoms. The molecule has 0 heterocycles. The number of nitrogens with zero attached hydrogens (tertiary/aromatic N) is 1. The number of hydrogen-bond donors (Lipinski definition) is 1. The number of hydrogen-bond acceptors (Lipinski definition) is 7. The molecular formula is C26H40N2O7. The molecular weight excluding hydrogens is 452 g/mol. The van der Waals surface area contributed by atoms with Crippen molar-refractivity contribution in [2.75, 3.05) is 0 Å². The zero-order chi connectivity index (χ0) is 25.8. The normalized spacial score (nSPS) is 33.9. The second kappa shape index (κ2) is 8.66. The van der Waals surface area contributed by atoms with Crippen LogP contribution in [0.2, 0.25) is 0 Å². The minimum absolute atomic E-state index is 0.0477. The Kier molecular flexibility index (Phi) is 6.37. The number of carbonyl (C=O) groups is 4. The van der Waals surface area contributed by atoms with Crippen molar-refractivity contribution in [3.05, 3.63) is 0 Å². The van der Waals surface area contributed by atoms with Gasteiger partial charge in [0.1, 0.15) is 16.8 Å². The molecule has 5 aliphatic rings. The Balaban J connectivity index is 1.65. The Labute approximate surface area is 207 Å². The minimum atomic E-state index is -1.98. The van der Waals surface area contributed by atoms with E-state index in [0.717, 1.165) is 24.3 Å². The van der Waals surface area contributed by atoms with E-state index in [9.17, 15) is 19.2 Å². The van der Waals surface area contributed by atoms with Gasteiger partial charge in [-0.3, -0.25) is 4.79 Å². The van der Waals surface area contributed by atoms with Gasteiger partial charge < -0.3 is 14.2 Å². The van der Waals surface area contributed by atoms with Gasteiger partial charge in [-0.05, 0) is 111 Å². The van der Waals surface area contributed by atoms with Crippen LogP contribution in [0, 0.1) is 17.8 Å². The van der Waals surface area contributed by atoms with Crippen molar-refractivity contribution in [3.8, 4) is 0 Å². The highest BCUT2D eigenvalue weighted by Crippen LogP contribution is 2.57. The van der Waals surface area contributed by atoms with Crippen LogP contribution in [-0.2, 0) is 23.8 Å². The molecule has 1 atom stereocenters. The third-order valence-electron chi connectivity index (χ3n) is 7.59. The van der Waals surface area contributed by atoms with Crippen molar-refractivity contribution in [1.82, 2.24) is 10.4 Å². The van der Waals surface area contributed by atoms with Crippen molar-refractivity contribution < 1.29 is 33.4 Å². The summed E-state index contributed by atoms with van der Waals surface area (Å²) in [5, 5.41) is 0.741. The summed E-state index contributed by atoms with van der Waals surface area (Å²) in [4.78, 5) is 53.4. The molecule has 5 rings (SSSR count). The molecule has 0 aromatic rings. The monoisotopic (exact) mass is 492 g/mol. The van der Waals surface area contributed by atoms with Gasteiger partial charge in [-0.25, -0.2) is 19.8 Å². The molecule has 35 heavy (non-hydrogen) atoms. The van der Waals surface area contributed by atoms with E-state index in [1.165, 1.54) is 19.3 Å². The van der Waals surface area contributed by atoms with E-state index < -0.39 is 46.3 Å². The summed E-state index contributed by atoms with van der Waals surface area (Å²) >= 11 is 0. The van der Waals surface area contributed by atoms with E-state index in [0.29, 0.717) is 24.2 Å². The predicted octanol–water partition coefficient (Wildman–Crippen LogP) is 4.67. The lowest BCUT2D eigenvalue weighted by Crippen LogP contribution is -2.68. The van der Waals surface area contributed by atoms with E-state index in [1.54, 1.807) is 41.5 Å². The maximum Gasteiger partial charge on any atom is 0.430 e. The lowest BCUT2D eigenvalue weighted by atomic mass is 9.54. The summed E-state index contributed by atoms with van der Waals surface area (Å²) in [6.45, 7) is 10.1. The molecule has 9 heteroatoms. The van der Waals surface area contributed by atoms with Crippen LogP contribution in [0.25, 0.3) is 0 Å². The maximum absolute atomic E-state index is 14.0. The smallest absolute Gasteiger partial charge is 0.430 e. The van der Waals surface area contributed by atoms with Gasteiger partial charge in [-0.15, -0.1) is 0 Å². The number of ketones is 1. The number of ether oxygens (including phenoxy) is 3. The average molecular weight is 493 g/mol. The fourth-order valence-electron chi connectivity index (χ4n) is 6.83. The second-order valence-electron chi connectivity index (χ2n) is 13.1. The third kappa shape index (κ3) is 5.28. The van der Waals surface area contributed by atoms with Crippen molar-refractivity contribution >= 4 is 23.9 Å². The lowest BCUT2D eigenvalue weighted by Gasteiger charge is -2.56. The van der Waals surface area contributed by atoms with Crippen LogP contribution < -0.4 is 5.43 Å². The zero-order valence-electron chi connectivity index (χ0n) is 21.9. The second-order valence-corrected chi connectivity index (χ2v) is 13.1. The number of amides is 2. The van der Waals surface area contributed by atoms with Crippen LogP contribution >= 0.6 is 0 Å². The molecule has 2 amide bonds. The van der Waals surface area contributed by atoms with Gasteiger partial charge in [0, 0.05) is 6.42 Å². The summed E-state index contributed by atoms with van der Waals surface area (Å²) in [6.07, 6.45) is 4.48. The van der Waals surface area contributed by atoms with Crippen LogP contribution in [0.15, 0.2) is 0 Å². The van der Waals surface area contributed by atoms with Gasteiger partial charge in [0.05, 0.1) is 0 Å². The molecule has 0 radical (unpaired) electrons. The Bertz CT molecular complexity index is 865. The first kappa shape index (κ1) is 25.8. The summed E-state index contributed by atoms with van der Waals surface area (Å²) in [5.41, 5.74) is -1.98. The quantitative estimate of drug-likeness (QED) is 0.264. The Morgan fingerprint density at radius 3 is 1.83 bits per heavy atom. The minimum Gasteiger partial charge on any atom is -0.457 e. The Morgan fingerprint density at radius 2 is 1.40 bits per heavy atom. The van der Waals surface area contributed by atoms with Crippen LogP contribution in [0.1, 0.15) is 99.3 Å². The molecule has 196 valence electrons. The molecule has 0 aromatic carbocycles. The van der Waals surface area contributed by atoms with Crippen molar-refractivity contribution in [2.24, 2.45) is 17.8 Å². The number of hydrazine groups is 1. The molecule has 0 saturated heterocycles. The lowest BCUT2D eigenvalue weighted by molar-refractivity contribution is -0.199. The summed E-state index contributed by atoms with van der Waals surface area (Å²) in [7, 11) is 0. The number of esters is 1. The van der Waals surface area contributed by atoms with E-state index in [4.69, 9.17) is 14.2 Å². The van der Waals surface area contributed by atoms with Gasteiger partial charge >= 0.3 is 18.2 Å². The molecule has 5 saturated carbocycles. The van der Waals surface area contributed by atoms with E-state index in [-0.39, 0.29) is 12.8 Å². The van der Waals surface area contributed by atoms with E-state index in [2.05, 4.69) is 5.43 Å². The topological polar surface area (TPSA) is 111 Å². The van der Waals surface area contributed by atoms with Gasteiger partial charge in [-0.2, -0.15) is 5.01 Å². The van der Waals surface area contributed by atoms with Crippen LogP contribution in [0.3, 0.4) is 0 Å². The SMILES string of the molecule is CC(C)(C)OC(=O)NN(C(=O)OC(C)(C)C)C1(C(=O)OC23CC4CC(CC(C4)C2)C3)CCCC1=O. The fraction of sp³-hybridized carbons (Fsp3) is 0.846. The van der Waals surface area contributed by atoms with E-state index in [1.807, 2.05) is 0 Å². The van der Waals surface area contributed by atoms with Gasteiger partial charge in [0.15, 0.2) is 5.78 Å². The highest BCUT2D eigenvalue weighted by atomic mass is 16.6. The molecule has 9 nitrogen and oxygen atoms in total. The molecule has 5 fully saturated rings. The van der Waals surface area contributed by atoms with Gasteiger partial charge in [-0.1, -0.05) is 0 Å². The summed E-state index contributed by atoms with van der Waals surface area (Å²) < 4.78 is 17.1. The number of rotatable bonds is 3. The van der Waals surface area contributed by atoms with Crippen LogP contribution in [0.4, 0.5) is 9.59 Å². The van der Waals surface area contributed by atoms with Gasteiger partial charge in [0.25, 0.3) is 0 Å². The largest absolute Gasteiger partial charge is 0.457 e. The molecule has 0 spiro atoms. The number of Topliss-reactive ketones (excluding diaryl/α,β-unsaturated/α-hetero) is 1. The number of nitrogens with one attached hydrogen (secondary N) is 1. The summed E-state index contributed by atoms with van der Waals surface area (Å²) in [6, 6.07) is 0. The highest BCUT2D eigenvalue weighted by molar-refractivity contribution is 6.12. The van der Waals surface area contributed by atoms with Crippen LogP contribution in [0.5, 0.6) is 0 Å². The predicted molar refractivity (Wildman–Crippen MR) is 126 cm³/mol. The molecule has 0 aromatic heterocycles. The Morgan fingerprint density at radius 1 is 0.886 bits per heavy atom. The fourth-order valence-corrected chi connectivity index (χ4v) is 6.83. The van der Waals surface area contributed by atoms with Crippen molar-refractivity contribution in [1.29, 1.82) is 0 Å². The van der Waals surface area contributed by atoms with Crippen LogP contribution in [-0.4, -0.2) is 51.3 Å². The first-order chi connectivity index (χ1) is 16.1. The third-order valence-corrected chi connectivity index (χ3v) is 7.59. The Hall–Kier alpha value is -2.32. The molecule has 5 aliphatic carbocycles. The number of carbonyl (C=O) groups excluding carboxylic acids is 4. The van der Waals surface area contributed by atoms with Crippen molar-refractivity contribution in [3.63, 3.8) is 0 Å². The molecule has 1 N–H and O–H groups in total. The first-order valence-corrected chi connectivity index (χ1v) is 12.9. The zero-order valence-corrected chi connectivity index (χ0v) is 21.9. The van der Waals surface area contributed by atoms with Gasteiger partial charge in [0.2, 0.25) is 5.54 Å². The molecule has 1 unspecified atom stereocenters. The molecule has 0 aliphatic heterocycles. The maximum atomic E-state index is 14.0. The van der Waals surface area contributed by atoms with Crippen molar-refractivity contribution in [2.45, 2.75) is 122 Å². The van der Waals surface area contributed by atoms with E-state index >= 15 is 0 Å².